The topological polar surface area (TPSA) is 119 Å². The van der Waals surface area contributed by atoms with Gasteiger partial charge in [0.15, 0.2) is 0 Å². The molecule has 1 aliphatic heterocycles. The van der Waals surface area contributed by atoms with E-state index in [1.807, 2.05) is 6.92 Å². The van der Waals surface area contributed by atoms with Crippen LogP contribution in [0.25, 0.3) is 0 Å². The average Bonchev–Trinajstić information content (AvgIpc) is 3.43. The Morgan fingerprint density at radius 1 is 1.14 bits per heavy atom. The van der Waals surface area contributed by atoms with Gasteiger partial charge in [0.1, 0.15) is 18.4 Å². The number of imide groups is 1. The molecule has 5 amide bonds. The highest BCUT2D eigenvalue weighted by Crippen LogP contribution is 2.46. The summed E-state index contributed by atoms with van der Waals surface area (Å²) in [4.78, 5) is 54.7. The Kier molecular flexibility index (Phi) is 9.28. The zero-order chi connectivity index (χ0) is 31.5. The van der Waals surface area contributed by atoms with Crippen LogP contribution in [0, 0.1) is 5.82 Å². The Morgan fingerprint density at radius 3 is 2.47 bits per heavy atom. The Morgan fingerprint density at radius 2 is 1.84 bits per heavy atom. The van der Waals surface area contributed by atoms with Crippen LogP contribution >= 0.6 is 0 Å². The number of ether oxygens (including phenoxy) is 1. The van der Waals surface area contributed by atoms with Gasteiger partial charge in [-0.2, -0.15) is 13.2 Å². The summed E-state index contributed by atoms with van der Waals surface area (Å²) in [5.74, 6) is -2.63. The lowest BCUT2D eigenvalue weighted by Gasteiger charge is -2.31. The molecule has 1 saturated heterocycles. The van der Waals surface area contributed by atoms with Crippen molar-refractivity contribution in [3.05, 3.63) is 65.0 Å². The highest BCUT2D eigenvalue weighted by Gasteiger charge is 2.58. The molecule has 0 radical (unpaired) electrons. The maximum absolute atomic E-state index is 13.7. The molecule has 232 valence electrons. The predicted molar refractivity (Wildman–Crippen MR) is 145 cm³/mol. The van der Waals surface area contributed by atoms with Crippen molar-refractivity contribution in [2.45, 2.75) is 57.5 Å². The van der Waals surface area contributed by atoms with Crippen LogP contribution in [0.5, 0.6) is 0 Å². The largest absolute Gasteiger partial charge is 0.427 e. The molecule has 2 aromatic rings. The number of hydrogen-bond acceptors (Lipinski definition) is 6. The van der Waals surface area contributed by atoms with Gasteiger partial charge in [-0.1, -0.05) is 25.1 Å². The Hall–Kier alpha value is -4.20. The third kappa shape index (κ3) is 6.58. The maximum Gasteiger partial charge on any atom is 0.418 e. The monoisotopic (exact) mass is 608 g/mol. The molecule has 2 atom stereocenters. The first-order valence-corrected chi connectivity index (χ1v) is 13.8. The van der Waals surface area contributed by atoms with E-state index in [0.717, 1.165) is 19.1 Å². The molecule has 1 spiro atoms. The van der Waals surface area contributed by atoms with E-state index in [-0.39, 0.29) is 31.6 Å². The van der Waals surface area contributed by atoms with Crippen molar-refractivity contribution in [2.24, 2.45) is 0 Å². The second kappa shape index (κ2) is 12.6. The molecular weight excluding hydrogens is 576 g/mol. The summed E-state index contributed by atoms with van der Waals surface area (Å²) in [6, 6.07) is 6.57. The summed E-state index contributed by atoms with van der Waals surface area (Å²) in [5, 5.41) is 12.0. The van der Waals surface area contributed by atoms with Gasteiger partial charge in [-0.3, -0.25) is 9.59 Å². The maximum atomic E-state index is 13.7. The molecule has 4 rings (SSSR count). The van der Waals surface area contributed by atoms with E-state index in [1.54, 1.807) is 6.07 Å². The van der Waals surface area contributed by atoms with Crippen molar-refractivity contribution in [2.75, 3.05) is 31.6 Å². The second-order valence-corrected chi connectivity index (χ2v) is 10.5. The van der Waals surface area contributed by atoms with E-state index in [0.29, 0.717) is 39.6 Å². The van der Waals surface area contributed by atoms with Crippen LogP contribution in [0.15, 0.2) is 42.5 Å². The molecule has 14 heteroatoms. The van der Waals surface area contributed by atoms with E-state index < -0.39 is 60.7 Å². The molecule has 2 aromatic carbocycles. The number of anilines is 1. The van der Waals surface area contributed by atoms with Crippen molar-refractivity contribution < 1.29 is 46.6 Å². The number of alkyl halides is 3. The molecule has 0 saturated carbocycles. The molecule has 1 unspecified atom stereocenters. The normalized spacial score (nSPS) is 18.4. The van der Waals surface area contributed by atoms with Gasteiger partial charge in [0.05, 0.1) is 6.61 Å². The van der Waals surface area contributed by atoms with Gasteiger partial charge in [-0.05, 0) is 55.2 Å². The molecule has 10 nitrogen and oxygen atoms in total. The SMILES string of the molecule is CCCN(CCO)C(=O)Nc1ccc2c(c1)CC[C@@]21OC(=O)N(CC(=O)N(Cc2ccc(F)cc2)C(C)C(F)(F)F)C1=O. The first kappa shape index (κ1) is 31.7. The van der Waals surface area contributed by atoms with E-state index >= 15 is 0 Å². The van der Waals surface area contributed by atoms with Crippen LogP contribution in [0.1, 0.15) is 43.4 Å². The van der Waals surface area contributed by atoms with Gasteiger partial charge in [-0.15, -0.1) is 0 Å². The first-order valence-electron chi connectivity index (χ1n) is 13.8. The van der Waals surface area contributed by atoms with Crippen LogP contribution in [0.2, 0.25) is 0 Å². The molecule has 0 bridgehead atoms. The molecule has 43 heavy (non-hydrogen) atoms. The number of aliphatic hydroxyl groups excluding tert-OH is 1. The lowest BCUT2D eigenvalue weighted by molar-refractivity contribution is -0.187. The number of amides is 5. The quantitative estimate of drug-likeness (QED) is 0.391. The fraction of sp³-hybridized carbons (Fsp3) is 0.448. The van der Waals surface area contributed by atoms with Crippen LogP contribution in [0.3, 0.4) is 0 Å². The van der Waals surface area contributed by atoms with Gasteiger partial charge in [0, 0.05) is 37.3 Å². The van der Waals surface area contributed by atoms with Crippen molar-refractivity contribution in [1.29, 1.82) is 0 Å². The number of halogens is 4. The number of aliphatic hydroxyl groups is 1. The highest BCUT2D eigenvalue weighted by molar-refractivity contribution is 6.06. The second-order valence-electron chi connectivity index (χ2n) is 10.5. The summed E-state index contributed by atoms with van der Waals surface area (Å²) < 4.78 is 59.8. The van der Waals surface area contributed by atoms with Crippen molar-refractivity contribution in [1.82, 2.24) is 14.7 Å². The van der Waals surface area contributed by atoms with Crippen LogP contribution in [-0.2, 0) is 32.9 Å². The third-order valence-corrected chi connectivity index (χ3v) is 7.58. The molecule has 1 fully saturated rings. The standard InChI is InChI=1S/C29H32F4N4O6/c1-3-12-35(13-14-38)26(41)34-22-8-9-23-20(15-22)10-11-28(23)25(40)37(27(42)43-28)17-24(39)36(18(2)29(31,32)33)16-19-4-6-21(30)7-5-19/h4-9,15,18,38H,3,10-14,16-17H2,1-2H3,(H,34,41)/t18?,28-/m1/s1. The number of nitrogens with zero attached hydrogens (tertiary/aromatic N) is 3. The van der Waals surface area contributed by atoms with Crippen molar-refractivity contribution in [3.63, 3.8) is 0 Å². The molecule has 0 aromatic heterocycles. The average molecular weight is 609 g/mol. The summed E-state index contributed by atoms with van der Waals surface area (Å²) in [7, 11) is 0. The third-order valence-electron chi connectivity index (χ3n) is 7.58. The van der Waals surface area contributed by atoms with E-state index in [2.05, 4.69) is 5.32 Å². The number of urea groups is 1. The Balaban J connectivity index is 1.52. The first-order chi connectivity index (χ1) is 20.3. The zero-order valence-corrected chi connectivity index (χ0v) is 23.6. The lowest BCUT2D eigenvalue weighted by atomic mass is 9.94. The Bertz CT molecular complexity index is 1380. The number of carbonyl (C=O) groups excluding carboxylic acids is 4. The minimum absolute atomic E-state index is 0.0414. The number of benzene rings is 2. The number of fused-ring (bicyclic) bond motifs is 2. The number of hydrogen-bond donors (Lipinski definition) is 2. The summed E-state index contributed by atoms with van der Waals surface area (Å²) in [5.41, 5.74) is -0.148. The molecule has 2 N–H and O–H groups in total. The minimum Gasteiger partial charge on any atom is -0.427 e. The van der Waals surface area contributed by atoms with Crippen molar-refractivity contribution >= 4 is 29.6 Å². The predicted octanol–water partition coefficient (Wildman–Crippen LogP) is 4.16. The van der Waals surface area contributed by atoms with Crippen LogP contribution < -0.4 is 5.32 Å². The van der Waals surface area contributed by atoms with E-state index in [1.165, 1.54) is 29.2 Å². The Labute approximate surface area is 245 Å². The van der Waals surface area contributed by atoms with E-state index in [9.17, 15) is 41.8 Å². The minimum atomic E-state index is -4.81. The van der Waals surface area contributed by atoms with Crippen LogP contribution in [-0.4, -0.2) is 82.2 Å². The molecule has 1 heterocycles. The molecular formula is C29H32F4N4O6. The number of carbonyl (C=O) groups is 4. The van der Waals surface area contributed by atoms with Crippen LogP contribution in [0.4, 0.5) is 32.8 Å². The summed E-state index contributed by atoms with van der Waals surface area (Å²) >= 11 is 0. The fourth-order valence-corrected chi connectivity index (χ4v) is 5.27. The molecule has 1 aliphatic carbocycles. The fourth-order valence-electron chi connectivity index (χ4n) is 5.27. The zero-order valence-electron chi connectivity index (χ0n) is 23.6. The van der Waals surface area contributed by atoms with Gasteiger partial charge in [0.2, 0.25) is 11.5 Å². The van der Waals surface area contributed by atoms with E-state index in [4.69, 9.17) is 4.74 Å². The van der Waals surface area contributed by atoms with Gasteiger partial charge in [-0.25, -0.2) is 18.9 Å². The number of nitrogens with one attached hydrogen (secondary N) is 1. The van der Waals surface area contributed by atoms with Crippen molar-refractivity contribution in [3.8, 4) is 0 Å². The molecule has 2 aliphatic rings. The number of rotatable bonds is 10. The smallest absolute Gasteiger partial charge is 0.418 e. The highest BCUT2D eigenvalue weighted by atomic mass is 19.4. The summed E-state index contributed by atoms with van der Waals surface area (Å²) in [6.07, 6.45) is -4.96. The number of aryl methyl sites for hydroxylation is 1. The van der Waals surface area contributed by atoms with Gasteiger partial charge >= 0.3 is 18.3 Å². The van der Waals surface area contributed by atoms with Gasteiger partial charge in [0.25, 0.3) is 5.91 Å². The summed E-state index contributed by atoms with van der Waals surface area (Å²) in [6.45, 7) is 1.53. The lowest BCUT2D eigenvalue weighted by Crippen LogP contribution is -2.51. The van der Waals surface area contributed by atoms with Gasteiger partial charge < -0.3 is 25.0 Å².